The fourth-order valence-corrected chi connectivity index (χ4v) is 3.07. The molecule has 1 aliphatic heterocycles. The smallest absolute Gasteiger partial charge is 0.255 e. The maximum atomic E-state index is 12.6. The molecule has 0 aliphatic carbocycles. The van der Waals surface area contributed by atoms with E-state index in [9.17, 15) is 4.79 Å². The molecule has 1 amide bonds. The first-order chi connectivity index (χ1) is 11.1. The molecule has 2 aromatic heterocycles. The van der Waals surface area contributed by atoms with E-state index in [4.69, 9.17) is 0 Å². The maximum Gasteiger partial charge on any atom is 0.255 e. The molecule has 1 aromatic carbocycles. The van der Waals surface area contributed by atoms with Crippen LogP contribution in [0, 0.1) is 13.8 Å². The number of hydrogen-bond acceptors (Lipinski definition) is 3. The van der Waals surface area contributed by atoms with Crippen molar-refractivity contribution in [1.82, 2.24) is 19.9 Å². The van der Waals surface area contributed by atoms with Crippen LogP contribution in [-0.2, 0) is 0 Å². The molecule has 0 spiro atoms. The second-order valence-corrected chi connectivity index (χ2v) is 6.13. The lowest BCUT2D eigenvalue weighted by Crippen LogP contribution is -2.49. The Hall–Kier alpha value is -2.69. The van der Waals surface area contributed by atoms with Crippen molar-refractivity contribution in [2.45, 2.75) is 19.8 Å². The predicted molar refractivity (Wildman–Crippen MR) is 88.4 cm³/mol. The van der Waals surface area contributed by atoms with Crippen LogP contribution in [0.1, 0.15) is 33.5 Å². The number of aryl methyl sites for hydroxylation is 2. The highest BCUT2D eigenvalue weighted by Gasteiger charge is 2.34. The number of aromatic amines is 1. The maximum absolute atomic E-state index is 12.6. The Morgan fingerprint density at radius 2 is 1.91 bits per heavy atom. The van der Waals surface area contributed by atoms with Crippen LogP contribution in [0.3, 0.4) is 0 Å². The fraction of sp³-hybridized carbons (Fsp3) is 0.278. The lowest BCUT2D eigenvalue weighted by atomic mass is 9.98. The zero-order valence-electron chi connectivity index (χ0n) is 13.2. The largest absolute Gasteiger partial charge is 0.342 e. The number of fused-ring (bicyclic) bond motifs is 1. The minimum atomic E-state index is 0.0577. The third kappa shape index (κ3) is 2.38. The van der Waals surface area contributed by atoms with Gasteiger partial charge in [0.1, 0.15) is 5.82 Å². The van der Waals surface area contributed by atoms with Gasteiger partial charge < -0.3 is 9.88 Å². The number of para-hydroxylation sites is 2. The van der Waals surface area contributed by atoms with Gasteiger partial charge in [-0.15, -0.1) is 0 Å². The van der Waals surface area contributed by atoms with Gasteiger partial charge in [0.25, 0.3) is 5.91 Å². The van der Waals surface area contributed by atoms with Crippen LogP contribution < -0.4 is 0 Å². The van der Waals surface area contributed by atoms with E-state index >= 15 is 0 Å². The number of amides is 1. The molecule has 4 rings (SSSR count). The Balaban J connectivity index is 1.49. The summed E-state index contributed by atoms with van der Waals surface area (Å²) in [6, 6.07) is 11.8. The summed E-state index contributed by atoms with van der Waals surface area (Å²) in [5.41, 5.74) is 4.44. The summed E-state index contributed by atoms with van der Waals surface area (Å²) in [7, 11) is 0. The van der Waals surface area contributed by atoms with Crippen molar-refractivity contribution in [1.29, 1.82) is 0 Å². The molecule has 0 bridgehead atoms. The van der Waals surface area contributed by atoms with Crippen LogP contribution in [0.4, 0.5) is 0 Å². The van der Waals surface area contributed by atoms with E-state index in [0.29, 0.717) is 18.7 Å². The molecule has 0 saturated carbocycles. The van der Waals surface area contributed by atoms with Crippen molar-refractivity contribution >= 4 is 16.9 Å². The average molecular weight is 306 g/mol. The molecule has 5 heteroatoms. The van der Waals surface area contributed by atoms with Crippen LogP contribution in [0.5, 0.6) is 0 Å². The lowest BCUT2D eigenvalue weighted by molar-refractivity contribution is 0.0594. The van der Waals surface area contributed by atoms with Crippen molar-refractivity contribution in [3.05, 3.63) is 59.2 Å². The SMILES string of the molecule is Cc1ccc(C(=O)N2CC(c3nc4ccccc4[nH]3)C2)c(C)n1. The molecular weight excluding hydrogens is 288 g/mol. The molecule has 0 unspecified atom stereocenters. The van der Waals surface area contributed by atoms with Gasteiger partial charge in [0.2, 0.25) is 0 Å². The summed E-state index contributed by atoms with van der Waals surface area (Å²) in [5.74, 6) is 1.31. The van der Waals surface area contributed by atoms with Gasteiger partial charge in [-0.05, 0) is 38.1 Å². The number of pyridine rings is 1. The van der Waals surface area contributed by atoms with Crippen LogP contribution in [-0.4, -0.2) is 38.8 Å². The van der Waals surface area contributed by atoms with Gasteiger partial charge in [0.15, 0.2) is 0 Å². The minimum absolute atomic E-state index is 0.0577. The summed E-state index contributed by atoms with van der Waals surface area (Å²) >= 11 is 0. The Bertz CT molecular complexity index is 860. The first-order valence-corrected chi connectivity index (χ1v) is 7.80. The zero-order valence-corrected chi connectivity index (χ0v) is 13.2. The van der Waals surface area contributed by atoms with Crippen molar-refractivity contribution in [2.24, 2.45) is 0 Å². The topological polar surface area (TPSA) is 61.9 Å². The highest BCUT2D eigenvalue weighted by Crippen LogP contribution is 2.28. The lowest BCUT2D eigenvalue weighted by Gasteiger charge is -2.38. The van der Waals surface area contributed by atoms with Crippen LogP contribution in [0.25, 0.3) is 11.0 Å². The van der Waals surface area contributed by atoms with E-state index in [1.54, 1.807) is 0 Å². The minimum Gasteiger partial charge on any atom is -0.342 e. The molecule has 1 aliphatic rings. The number of nitrogens with one attached hydrogen (secondary N) is 1. The number of imidazole rings is 1. The fourth-order valence-electron chi connectivity index (χ4n) is 3.07. The van der Waals surface area contributed by atoms with Gasteiger partial charge in [-0.3, -0.25) is 9.78 Å². The van der Waals surface area contributed by atoms with Crippen molar-refractivity contribution < 1.29 is 4.79 Å². The van der Waals surface area contributed by atoms with E-state index in [1.807, 2.05) is 55.1 Å². The third-order valence-corrected chi connectivity index (χ3v) is 4.42. The van der Waals surface area contributed by atoms with Crippen LogP contribution in [0.2, 0.25) is 0 Å². The normalized spacial score (nSPS) is 15.0. The quantitative estimate of drug-likeness (QED) is 0.792. The highest BCUT2D eigenvalue weighted by molar-refractivity contribution is 5.95. The monoisotopic (exact) mass is 306 g/mol. The van der Waals surface area contributed by atoms with E-state index in [0.717, 1.165) is 28.2 Å². The van der Waals surface area contributed by atoms with Gasteiger partial charge in [-0.1, -0.05) is 12.1 Å². The predicted octanol–water partition coefficient (Wildman–Crippen LogP) is 2.81. The first kappa shape index (κ1) is 13.9. The molecule has 23 heavy (non-hydrogen) atoms. The zero-order chi connectivity index (χ0) is 16.0. The molecule has 116 valence electrons. The molecule has 1 N–H and O–H groups in total. The first-order valence-electron chi connectivity index (χ1n) is 7.80. The Morgan fingerprint density at radius 3 is 2.65 bits per heavy atom. The average Bonchev–Trinajstić information content (AvgIpc) is 2.88. The van der Waals surface area contributed by atoms with E-state index < -0.39 is 0 Å². The van der Waals surface area contributed by atoms with Gasteiger partial charge >= 0.3 is 0 Å². The number of H-pyrrole nitrogens is 1. The highest BCUT2D eigenvalue weighted by atomic mass is 16.2. The molecule has 0 atom stereocenters. The summed E-state index contributed by atoms with van der Waals surface area (Å²) in [4.78, 5) is 26.8. The number of aromatic nitrogens is 3. The molecular formula is C18H18N4O. The summed E-state index contributed by atoms with van der Waals surface area (Å²) in [5, 5.41) is 0. The molecule has 5 nitrogen and oxygen atoms in total. The van der Waals surface area contributed by atoms with Gasteiger partial charge in [0, 0.05) is 18.8 Å². The van der Waals surface area contributed by atoms with E-state index in [-0.39, 0.29) is 11.8 Å². The third-order valence-electron chi connectivity index (χ3n) is 4.42. The molecule has 3 heterocycles. The van der Waals surface area contributed by atoms with Gasteiger partial charge in [0.05, 0.1) is 28.2 Å². The summed E-state index contributed by atoms with van der Waals surface area (Å²) in [6.07, 6.45) is 0. The standard InChI is InChI=1S/C18H18N4O/c1-11-7-8-14(12(2)19-11)18(23)22-9-13(10-22)17-20-15-5-3-4-6-16(15)21-17/h3-8,13H,9-10H2,1-2H3,(H,20,21). The van der Waals surface area contributed by atoms with Crippen molar-refractivity contribution in [2.75, 3.05) is 13.1 Å². The Kier molecular flexibility index (Phi) is 3.15. The van der Waals surface area contributed by atoms with Crippen molar-refractivity contribution in [3.8, 4) is 0 Å². The Labute approximate surface area is 134 Å². The van der Waals surface area contributed by atoms with Crippen molar-refractivity contribution in [3.63, 3.8) is 0 Å². The number of likely N-dealkylation sites (tertiary alicyclic amines) is 1. The number of benzene rings is 1. The van der Waals surface area contributed by atoms with Gasteiger partial charge in [-0.25, -0.2) is 4.98 Å². The summed E-state index contributed by atoms with van der Waals surface area (Å²) < 4.78 is 0. The number of carbonyl (C=O) groups excluding carboxylic acids is 1. The second kappa shape index (κ2) is 5.19. The second-order valence-electron chi connectivity index (χ2n) is 6.13. The van der Waals surface area contributed by atoms with Gasteiger partial charge in [-0.2, -0.15) is 0 Å². The van der Waals surface area contributed by atoms with E-state index in [2.05, 4.69) is 15.0 Å². The number of hydrogen-bond donors (Lipinski definition) is 1. The molecule has 0 radical (unpaired) electrons. The number of carbonyl (C=O) groups is 1. The molecule has 1 fully saturated rings. The van der Waals surface area contributed by atoms with Crippen LogP contribution in [0.15, 0.2) is 36.4 Å². The van der Waals surface area contributed by atoms with Crippen LogP contribution >= 0.6 is 0 Å². The Morgan fingerprint density at radius 1 is 1.13 bits per heavy atom. The number of rotatable bonds is 2. The van der Waals surface area contributed by atoms with E-state index in [1.165, 1.54) is 0 Å². The number of nitrogens with zero attached hydrogens (tertiary/aromatic N) is 3. The summed E-state index contributed by atoms with van der Waals surface area (Å²) in [6.45, 7) is 5.22. The molecule has 1 saturated heterocycles. The molecule has 3 aromatic rings.